The molecular weight excluding hydrogens is 742 g/mol. The number of benzene rings is 2. The number of allylic oxidation sites excluding steroid dienone is 1. The number of hydrogen-bond donors (Lipinski definition) is 3. The lowest BCUT2D eigenvalue weighted by atomic mass is 10.0. The number of pyridine rings is 1. The molecule has 3 fully saturated rings. The first-order valence-electron chi connectivity index (χ1n) is 19.1. The summed E-state index contributed by atoms with van der Waals surface area (Å²) in [5, 5.41) is 11.3. The van der Waals surface area contributed by atoms with Gasteiger partial charge in [-0.05, 0) is 69.0 Å². The molecule has 0 bridgehead atoms. The molecule has 56 heavy (non-hydrogen) atoms. The molecule has 4 heterocycles. The summed E-state index contributed by atoms with van der Waals surface area (Å²) in [7, 11) is -2.35. The molecule has 8 rings (SSSR count). The average molecular weight is 786 g/mol. The van der Waals surface area contributed by atoms with E-state index >= 15 is 4.39 Å². The highest BCUT2D eigenvalue weighted by molar-refractivity contribution is 7.91. The molecule has 0 radical (unpaired) electrons. The first-order chi connectivity index (χ1) is 26.8. The topological polar surface area (TPSA) is 182 Å². The summed E-state index contributed by atoms with van der Waals surface area (Å²) in [6.45, 7) is 1.46. The van der Waals surface area contributed by atoms with Gasteiger partial charge in [0.15, 0.2) is 0 Å². The van der Waals surface area contributed by atoms with E-state index < -0.39 is 73.9 Å². The van der Waals surface area contributed by atoms with E-state index in [0.29, 0.717) is 36.6 Å². The number of carbonyl (C=O) groups excluding carboxylic acids is 4. The fraction of sp³-hybridized carbons (Fsp3) is 0.450. The Morgan fingerprint density at radius 3 is 2.59 bits per heavy atom. The second-order valence-corrected chi connectivity index (χ2v) is 17.9. The first kappa shape index (κ1) is 37.5. The van der Waals surface area contributed by atoms with Crippen LogP contribution in [0.2, 0.25) is 0 Å². The van der Waals surface area contributed by atoms with Crippen LogP contribution in [0.25, 0.3) is 21.7 Å². The van der Waals surface area contributed by atoms with Crippen molar-refractivity contribution in [1.82, 2.24) is 35.0 Å². The number of halogens is 1. The van der Waals surface area contributed by atoms with Crippen molar-refractivity contribution in [2.75, 3.05) is 6.54 Å². The summed E-state index contributed by atoms with van der Waals surface area (Å²) in [6.07, 6.45) is 8.53. The van der Waals surface area contributed by atoms with Gasteiger partial charge in [-0.1, -0.05) is 55.3 Å². The van der Waals surface area contributed by atoms with Crippen molar-refractivity contribution in [2.45, 2.75) is 93.2 Å². The fourth-order valence-electron chi connectivity index (χ4n) is 7.89. The molecule has 2 aliphatic heterocycles. The van der Waals surface area contributed by atoms with E-state index in [0.717, 1.165) is 18.2 Å². The van der Waals surface area contributed by atoms with Gasteiger partial charge in [0.1, 0.15) is 35.2 Å². The number of aromatic nitrogens is 3. The van der Waals surface area contributed by atoms with Gasteiger partial charge in [0.25, 0.3) is 11.8 Å². The quantitative estimate of drug-likeness (QED) is 0.186. The van der Waals surface area contributed by atoms with Crippen LogP contribution in [0.4, 0.5) is 4.39 Å². The van der Waals surface area contributed by atoms with Gasteiger partial charge in [0.05, 0.1) is 22.2 Å². The molecule has 2 aliphatic carbocycles. The van der Waals surface area contributed by atoms with E-state index in [2.05, 4.69) is 25.4 Å². The summed E-state index contributed by atoms with van der Waals surface area (Å²) < 4.78 is 51.0. The van der Waals surface area contributed by atoms with Gasteiger partial charge in [-0.3, -0.25) is 28.6 Å². The van der Waals surface area contributed by atoms with Crippen molar-refractivity contribution in [2.24, 2.45) is 13.0 Å². The van der Waals surface area contributed by atoms with Gasteiger partial charge < -0.3 is 20.3 Å². The van der Waals surface area contributed by atoms with E-state index in [1.54, 1.807) is 38.4 Å². The number of carbonyl (C=O) groups is 4. The molecule has 14 nitrogen and oxygen atoms in total. The Labute approximate surface area is 323 Å². The van der Waals surface area contributed by atoms with Crippen LogP contribution in [0.3, 0.4) is 0 Å². The van der Waals surface area contributed by atoms with Crippen LogP contribution in [-0.2, 0) is 31.5 Å². The molecule has 16 heteroatoms. The van der Waals surface area contributed by atoms with Crippen LogP contribution in [0.1, 0.15) is 75.2 Å². The Morgan fingerprint density at radius 2 is 1.82 bits per heavy atom. The molecule has 2 aromatic heterocycles. The minimum Gasteiger partial charge on any atom is -0.472 e. The third-order valence-electron chi connectivity index (χ3n) is 11.6. The molecule has 5 atom stereocenters. The number of fused-ring (bicyclic) bond motifs is 5. The second kappa shape index (κ2) is 14.3. The number of aryl methyl sites for hydroxylation is 1. The van der Waals surface area contributed by atoms with Crippen molar-refractivity contribution in [3.63, 3.8) is 0 Å². The van der Waals surface area contributed by atoms with E-state index in [9.17, 15) is 27.6 Å². The predicted octanol–water partition coefficient (Wildman–Crippen LogP) is 3.80. The van der Waals surface area contributed by atoms with Crippen molar-refractivity contribution >= 4 is 55.3 Å². The monoisotopic (exact) mass is 785 g/mol. The summed E-state index contributed by atoms with van der Waals surface area (Å²) >= 11 is 0. The number of nitrogens with zero attached hydrogens (tertiary/aromatic N) is 4. The zero-order chi connectivity index (χ0) is 39.4. The largest absolute Gasteiger partial charge is 0.472 e. The molecule has 294 valence electrons. The van der Waals surface area contributed by atoms with Crippen LogP contribution in [0, 0.1) is 11.7 Å². The Bertz CT molecular complexity index is 2400. The second-order valence-electron chi connectivity index (χ2n) is 15.7. The van der Waals surface area contributed by atoms with Crippen LogP contribution in [0.5, 0.6) is 5.88 Å². The maximum absolute atomic E-state index is 15.5. The summed E-state index contributed by atoms with van der Waals surface area (Å²) in [6, 6.07) is 11.2. The SMILES string of the molecule is Cn1ccc(C(=O)N[C@H]2CCCCC/C=C\[C@@H]3C[C@@]3(C(=O)NS(=O)(=O)C3(C)CC3)NC(=O)[C@@H]3C[C@@H](Oc4nc5ccccc5c5cccc(F)c45)CN3C2=O)n1. The highest BCUT2D eigenvalue weighted by Crippen LogP contribution is 2.47. The number of nitrogens with one attached hydrogen (secondary N) is 3. The molecule has 0 spiro atoms. The van der Waals surface area contributed by atoms with Gasteiger partial charge in [0, 0.05) is 31.0 Å². The smallest absolute Gasteiger partial charge is 0.272 e. The van der Waals surface area contributed by atoms with Crippen LogP contribution in [0.15, 0.2) is 66.9 Å². The highest BCUT2D eigenvalue weighted by atomic mass is 32.2. The Kier molecular flexibility index (Phi) is 9.58. The molecule has 0 unspecified atom stereocenters. The number of para-hydroxylation sites is 1. The minimum atomic E-state index is -4.02. The maximum atomic E-state index is 15.5. The number of hydrogen-bond acceptors (Lipinski definition) is 9. The molecular formula is C40H44FN7O7S. The molecule has 3 N–H and O–H groups in total. The zero-order valence-electron chi connectivity index (χ0n) is 31.2. The number of rotatable bonds is 7. The van der Waals surface area contributed by atoms with Gasteiger partial charge >= 0.3 is 0 Å². The Morgan fingerprint density at radius 1 is 1.04 bits per heavy atom. The minimum absolute atomic E-state index is 0.000534. The van der Waals surface area contributed by atoms with Crippen molar-refractivity contribution in [3.05, 3.63) is 78.4 Å². The van der Waals surface area contributed by atoms with E-state index in [-0.39, 0.29) is 42.8 Å². The lowest BCUT2D eigenvalue weighted by molar-refractivity contribution is -0.141. The standard InChI is InChI=1S/C40H44FN7O7S/c1-39(18-19-39)56(53,54)46-38(52)40-22-24(40)11-6-4-3-5-7-16-31(42-34(49)30-17-20-47(2)45-30)37(51)48-23-25(21-32(48)35(50)44-40)55-36-33-27(13-10-14-28(33)41)26-12-8-9-15-29(26)43-36/h6,8-15,17,20,24-25,31-32H,3-5,7,16,18-19,21-23H2,1-2H3,(H,42,49)(H,44,50)(H,46,52)/b11-6-/t24-,25-,31+,32+,40-/m1/s1. The Balaban J connectivity index is 1.14. The van der Waals surface area contributed by atoms with Crippen molar-refractivity contribution in [3.8, 4) is 5.88 Å². The third-order valence-corrected chi connectivity index (χ3v) is 13.8. The Hall–Kier alpha value is -5.38. The molecule has 2 aromatic carbocycles. The molecule has 2 saturated carbocycles. The predicted molar refractivity (Wildman–Crippen MR) is 204 cm³/mol. The summed E-state index contributed by atoms with van der Waals surface area (Å²) in [5.41, 5.74) is -0.876. The first-order valence-corrected chi connectivity index (χ1v) is 20.6. The van der Waals surface area contributed by atoms with E-state index in [1.165, 1.54) is 21.7 Å². The van der Waals surface area contributed by atoms with Crippen LogP contribution < -0.4 is 20.1 Å². The average Bonchev–Trinajstić information content (AvgIpc) is 3.97. The van der Waals surface area contributed by atoms with E-state index in [1.807, 2.05) is 30.4 Å². The third kappa shape index (κ3) is 6.99. The van der Waals surface area contributed by atoms with Crippen LogP contribution in [-0.4, -0.2) is 86.7 Å². The van der Waals surface area contributed by atoms with Crippen molar-refractivity contribution < 1.29 is 36.7 Å². The number of sulfonamides is 1. The van der Waals surface area contributed by atoms with Gasteiger partial charge in [-0.15, -0.1) is 0 Å². The summed E-state index contributed by atoms with van der Waals surface area (Å²) in [4.78, 5) is 62.4. The van der Waals surface area contributed by atoms with Gasteiger partial charge in [0.2, 0.25) is 27.7 Å². The molecule has 4 aliphatic rings. The fourth-order valence-corrected chi connectivity index (χ4v) is 9.20. The highest BCUT2D eigenvalue weighted by Gasteiger charge is 2.63. The molecule has 4 amide bonds. The van der Waals surface area contributed by atoms with Crippen LogP contribution >= 0.6 is 0 Å². The molecule has 4 aromatic rings. The summed E-state index contributed by atoms with van der Waals surface area (Å²) in [5.74, 6) is -3.63. The number of amides is 4. The number of ether oxygens (including phenoxy) is 1. The lowest BCUT2D eigenvalue weighted by Gasteiger charge is -2.30. The maximum Gasteiger partial charge on any atom is 0.272 e. The normalized spacial score (nSPS) is 26.9. The van der Waals surface area contributed by atoms with Crippen molar-refractivity contribution in [1.29, 1.82) is 0 Å². The van der Waals surface area contributed by atoms with Gasteiger partial charge in [-0.25, -0.2) is 17.8 Å². The van der Waals surface area contributed by atoms with E-state index in [4.69, 9.17) is 4.74 Å². The molecule has 1 saturated heterocycles. The van der Waals surface area contributed by atoms with Gasteiger partial charge in [-0.2, -0.15) is 5.10 Å². The zero-order valence-corrected chi connectivity index (χ0v) is 32.0. The lowest BCUT2D eigenvalue weighted by Crippen LogP contribution is -2.58.